The summed E-state index contributed by atoms with van der Waals surface area (Å²) in [6, 6.07) is 5.96. The molecule has 2 atom stereocenters. The van der Waals surface area contributed by atoms with Crippen LogP contribution in [0, 0.1) is 5.92 Å². The van der Waals surface area contributed by atoms with Crippen LogP contribution in [0.1, 0.15) is 19.8 Å². The highest BCUT2D eigenvalue weighted by Gasteiger charge is 2.31. The normalized spacial score (nSPS) is 17.7. The zero-order valence-electron chi connectivity index (χ0n) is 17.4. The van der Waals surface area contributed by atoms with Crippen LogP contribution in [-0.4, -0.2) is 75.8 Å². The van der Waals surface area contributed by atoms with E-state index >= 15 is 0 Å². The average Bonchev–Trinajstić information content (AvgIpc) is 2.70. The lowest BCUT2D eigenvalue weighted by Crippen LogP contribution is -2.51. The zero-order chi connectivity index (χ0) is 22.3. The molecule has 30 heavy (non-hydrogen) atoms. The van der Waals surface area contributed by atoms with Gasteiger partial charge in [0.2, 0.25) is 5.91 Å². The Labute approximate surface area is 176 Å². The molecule has 166 valence electrons. The van der Waals surface area contributed by atoms with Gasteiger partial charge in [0.05, 0.1) is 7.11 Å². The third kappa shape index (κ3) is 7.33. The monoisotopic (exact) mass is 440 g/mol. The van der Waals surface area contributed by atoms with Gasteiger partial charge < -0.3 is 19.7 Å². The Balaban J connectivity index is 1.83. The molecule has 0 aromatic heterocycles. The van der Waals surface area contributed by atoms with Gasteiger partial charge in [0.1, 0.15) is 23.3 Å². The summed E-state index contributed by atoms with van der Waals surface area (Å²) in [4.78, 5) is 38.5. The van der Waals surface area contributed by atoms with E-state index in [0.29, 0.717) is 30.9 Å². The molecule has 1 aliphatic heterocycles. The lowest BCUT2D eigenvalue weighted by atomic mass is 9.94. The number of piperidine rings is 1. The number of amides is 2. The topological polar surface area (TPSA) is 119 Å². The first-order chi connectivity index (χ1) is 14.1. The minimum atomic E-state index is -3.41. The molecule has 2 amide bonds. The van der Waals surface area contributed by atoms with Crippen LogP contribution in [-0.2, 0) is 24.2 Å². The zero-order valence-corrected chi connectivity index (χ0v) is 18.2. The summed E-state index contributed by atoms with van der Waals surface area (Å²) in [6.45, 7) is 1.94. The van der Waals surface area contributed by atoms with E-state index in [9.17, 15) is 22.8 Å². The number of hydrogen-bond acceptors (Lipinski definition) is 7. The number of carbonyl (C=O) groups excluding carboxylic acids is 3. The second-order valence-electron chi connectivity index (χ2n) is 7.41. The second-order valence-corrected chi connectivity index (χ2v) is 9.55. The summed E-state index contributed by atoms with van der Waals surface area (Å²) in [5.41, 5.74) is 0. The van der Waals surface area contributed by atoms with E-state index in [-0.39, 0.29) is 24.8 Å². The molecule has 1 heterocycles. The predicted molar refractivity (Wildman–Crippen MR) is 110 cm³/mol. The summed E-state index contributed by atoms with van der Waals surface area (Å²) in [5.74, 6) is -1.00. The summed E-state index contributed by atoms with van der Waals surface area (Å²) < 4.78 is 33.2. The average molecular weight is 441 g/mol. The van der Waals surface area contributed by atoms with Crippen LogP contribution in [0.3, 0.4) is 0 Å². The van der Waals surface area contributed by atoms with Gasteiger partial charge in [0, 0.05) is 25.3 Å². The van der Waals surface area contributed by atoms with Crippen molar-refractivity contribution in [2.45, 2.75) is 25.8 Å². The quantitative estimate of drug-likeness (QED) is 0.591. The molecule has 1 saturated heterocycles. The number of rotatable bonds is 9. The number of nitrogens with zero attached hydrogens (tertiary/aromatic N) is 1. The number of nitrogens with one attached hydrogen (secondary N) is 1. The highest BCUT2D eigenvalue weighted by atomic mass is 32.2. The van der Waals surface area contributed by atoms with Crippen LogP contribution in [0.2, 0.25) is 0 Å². The number of hydrogen-bond donors (Lipinski definition) is 1. The Morgan fingerprint density at radius 2 is 1.83 bits per heavy atom. The van der Waals surface area contributed by atoms with Crippen molar-refractivity contribution in [1.29, 1.82) is 0 Å². The highest BCUT2D eigenvalue weighted by molar-refractivity contribution is 7.91. The van der Waals surface area contributed by atoms with Gasteiger partial charge in [-0.3, -0.25) is 14.4 Å². The SMILES string of the molecule is COc1ccc(OCC(=O)N[C@H](C)C(=O)N2CCC[C@@H](C(=O)CS(C)(=O)=O)C2)cc1. The molecule has 1 N–H and O–H groups in total. The van der Waals surface area contributed by atoms with Gasteiger partial charge in [0.25, 0.3) is 5.91 Å². The molecule has 1 aromatic rings. The Kier molecular flexibility index (Phi) is 8.22. The maximum Gasteiger partial charge on any atom is 0.258 e. The number of sulfone groups is 1. The Hall–Kier alpha value is -2.62. The number of carbonyl (C=O) groups is 3. The van der Waals surface area contributed by atoms with Gasteiger partial charge >= 0.3 is 0 Å². The number of benzene rings is 1. The summed E-state index contributed by atoms with van der Waals surface area (Å²) in [7, 11) is -1.86. The molecule has 1 aromatic carbocycles. The van der Waals surface area contributed by atoms with Crippen LogP contribution in [0.15, 0.2) is 24.3 Å². The molecule has 0 saturated carbocycles. The van der Waals surface area contributed by atoms with Gasteiger partial charge in [-0.05, 0) is 44.0 Å². The maximum atomic E-state index is 12.7. The van der Waals surface area contributed by atoms with E-state index in [1.54, 1.807) is 38.3 Å². The van der Waals surface area contributed by atoms with Gasteiger partial charge in [0.15, 0.2) is 22.2 Å². The van der Waals surface area contributed by atoms with Gasteiger partial charge in [-0.15, -0.1) is 0 Å². The summed E-state index contributed by atoms with van der Waals surface area (Å²) in [5, 5.41) is 2.59. The molecule has 1 aliphatic rings. The molecular formula is C20H28N2O7S. The fourth-order valence-electron chi connectivity index (χ4n) is 3.26. The summed E-state index contributed by atoms with van der Waals surface area (Å²) in [6.07, 6.45) is 2.17. The first kappa shape index (κ1) is 23.7. The van der Waals surface area contributed by atoms with E-state index in [2.05, 4.69) is 5.32 Å². The standard InChI is InChI=1S/C20H28N2O7S/c1-14(21-19(24)12-29-17-8-6-16(28-2)7-9-17)20(25)22-10-4-5-15(11-22)18(23)13-30(3,26)27/h6-9,14-15H,4-5,10-13H2,1-3H3,(H,21,24)/t14-,15-/m1/s1. The predicted octanol–water partition coefficient (Wildman–Crippen LogP) is 0.431. The molecule has 1 fully saturated rings. The number of ketones is 1. The maximum absolute atomic E-state index is 12.7. The van der Waals surface area contributed by atoms with E-state index in [1.807, 2.05) is 0 Å². The van der Waals surface area contributed by atoms with Crippen molar-refractivity contribution < 1.29 is 32.3 Å². The molecule has 9 nitrogen and oxygen atoms in total. The van der Waals surface area contributed by atoms with Gasteiger partial charge in [-0.1, -0.05) is 0 Å². The van der Waals surface area contributed by atoms with E-state index < -0.39 is 33.5 Å². The minimum absolute atomic E-state index is 0.162. The molecule has 0 unspecified atom stereocenters. The van der Waals surface area contributed by atoms with Crippen LogP contribution in [0.25, 0.3) is 0 Å². The van der Waals surface area contributed by atoms with Crippen LogP contribution < -0.4 is 14.8 Å². The highest BCUT2D eigenvalue weighted by Crippen LogP contribution is 2.19. The van der Waals surface area contributed by atoms with Crippen LogP contribution in [0.5, 0.6) is 11.5 Å². The van der Waals surface area contributed by atoms with E-state index in [4.69, 9.17) is 9.47 Å². The van der Waals surface area contributed by atoms with E-state index in [1.165, 1.54) is 4.90 Å². The summed E-state index contributed by atoms with van der Waals surface area (Å²) >= 11 is 0. The van der Waals surface area contributed by atoms with E-state index in [0.717, 1.165) is 6.26 Å². The van der Waals surface area contributed by atoms with Crippen molar-refractivity contribution in [3.8, 4) is 11.5 Å². The largest absolute Gasteiger partial charge is 0.497 e. The van der Waals surface area contributed by atoms with Crippen LogP contribution >= 0.6 is 0 Å². The fraction of sp³-hybridized carbons (Fsp3) is 0.550. The molecular weight excluding hydrogens is 412 g/mol. The van der Waals surface area contributed by atoms with Crippen molar-refractivity contribution in [2.75, 3.05) is 38.8 Å². The number of likely N-dealkylation sites (tertiary alicyclic amines) is 1. The van der Waals surface area contributed by atoms with Crippen molar-refractivity contribution in [2.24, 2.45) is 5.92 Å². The number of Topliss-reactive ketones (excluding diaryl/α,β-unsaturated/α-hetero) is 1. The third-order valence-corrected chi connectivity index (χ3v) is 5.58. The third-order valence-electron chi connectivity index (χ3n) is 4.77. The fourth-order valence-corrected chi connectivity index (χ4v) is 4.01. The van der Waals surface area contributed by atoms with Crippen LogP contribution in [0.4, 0.5) is 0 Å². The molecule has 0 bridgehead atoms. The second kappa shape index (κ2) is 10.4. The Morgan fingerprint density at radius 1 is 1.20 bits per heavy atom. The molecule has 0 aliphatic carbocycles. The number of methoxy groups -OCH3 is 1. The van der Waals surface area contributed by atoms with Crippen molar-refractivity contribution >= 4 is 27.4 Å². The lowest BCUT2D eigenvalue weighted by Gasteiger charge is -2.33. The molecule has 2 rings (SSSR count). The first-order valence-corrected chi connectivity index (χ1v) is 11.7. The Morgan fingerprint density at radius 3 is 2.43 bits per heavy atom. The van der Waals surface area contributed by atoms with Gasteiger partial charge in [-0.25, -0.2) is 8.42 Å². The minimum Gasteiger partial charge on any atom is -0.497 e. The molecule has 10 heteroatoms. The lowest BCUT2D eigenvalue weighted by molar-refractivity contribution is -0.139. The molecule has 0 spiro atoms. The van der Waals surface area contributed by atoms with Crippen molar-refractivity contribution in [3.63, 3.8) is 0 Å². The van der Waals surface area contributed by atoms with Crippen molar-refractivity contribution in [1.82, 2.24) is 10.2 Å². The van der Waals surface area contributed by atoms with Crippen molar-refractivity contribution in [3.05, 3.63) is 24.3 Å². The van der Waals surface area contributed by atoms with Gasteiger partial charge in [-0.2, -0.15) is 0 Å². The first-order valence-electron chi connectivity index (χ1n) is 9.64. The Bertz CT molecular complexity index is 868. The number of ether oxygens (including phenoxy) is 2. The molecule has 0 radical (unpaired) electrons. The smallest absolute Gasteiger partial charge is 0.258 e.